The molecular weight excluding hydrogens is 388 g/mol. The fourth-order valence-corrected chi connectivity index (χ4v) is 3.73. The summed E-state index contributed by atoms with van der Waals surface area (Å²) in [7, 11) is 1.55. The molecule has 3 rings (SSSR count). The number of thioether (sulfide) groups is 1. The highest BCUT2D eigenvalue weighted by atomic mass is 32.2. The maximum absolute atomic E-state index is 12.7. The van der Waals surface area contributed by atoms with Gasteiger partial charge in [-0.25, -0.2) is 4.68 Å². The predicted octanol–water partition coefficient (Wildman–Crippen LogP) is 2.27. The maximum Gasteiger partial charge on any atom is 0.274 e. The van der Waals surface area contributed by atoms with E-state index in [-0.39, 0.29) is 17.2 Å². The molecule has 154 valence electrons. The highest BCUT2D eigenvalue weighted by molar-refractivity contribution is 7.98. The van der Waals surface area contributed by atoms with Gasteiger partial charge < -0.3 is 9.88 Å². The number of amides is 1. The number of benzene rings is 1. The number of fused-ring (bicyclic) bond motifs is 1. The van der Waals surface area contributed by atoms with E-state index in [4.69, 9.17) is 0 Å². The van der Waals surface area contributed by atoms with Crippen molar-refractivity contribution in [3.8, 4) is 0 Å². The monoisotopic (exact) mass is 414 g/mol. The first kappa shape index (κ1) is 21.0. The summed E-state index contributed by atoms with van der Waals surface area (Å²) >= 11 is 1.59. The normalized spacial score (nSPS) is 11.3. The molecule has 0 radical (unpaired) electrons. The molecule has 1 N–H and O–H groups in total. The van der Waals surface area contributed by atoms with Crippen LogP contribution in [0, 0.1) is 5.92 Å². The molecule has 2 heterocycles. The van der Waals surface area contributed by atoms with Crippen LogP contribution in [-0.4, -0.2) is 43.3 Å². The SMILES string of the molecule is CSc1nnc(CCCNC(=O)c2nn(C)c(=O)c3ccccc23)n1CC(C)C. The van der Waals surface area contributed by atoms with Crippen molar-refractivity contribution < 1.29 is 4.79 Å². The number of nitrogens with zero attached hydrogens (tertiary/aromatic N) is 5. The molecule has 0 bridgehead atoms. The molecule has 0 aliphatic heterocycles. The zero-order valence-electron chi connectivity index (χ0n) is 17.2. The largest absolute Gasteiger partial charge is 0.351 e. The third-order valence-electron chi connectivity index (χ3n) is 4.56. The second-order valence-corrected chi connectivity index (χ2v) is 8.06. The van der Waals surface area contributed by atoms with E-state index in [0.29, 0.717) is 23.2 Å². The molecule has 0 saturated heterocycles. The summed E-state index contributed by atoms with van der Waals surface area (Å²) in [6.07, 6.45) is 3.46. The quantitative estimate of drug-likeness (QED) is 0.449. The van der Waals surface area contributed by atoms with Crippen molar-refractivity contribution >= 4 is 28.4 Å². The average Bonchev–Trinajstić information content (AvgIpc) is 3.08. The number of hydrogen-bond acceptors (Lipinski definition) is 6. The smallest absolute Gasteiger partial charge is 0.274 e. The number of carbonyl (C=O) groups is 1. The van der Waals surface area contributed by atoms with E-state index in [2.05, 4.69) is 39.0 Å². The lowest BCUT2D eigenvalue weighted by atomic mass is 10.1. The summed E-state index contributed by atoms with van der Waals surface area (Å²) in [6.45, 7) is 5.69. The number of aromatic nitrogens is 5. The van der Waals surface area contributed by atoms with Crippen LogP contribution >= 0.6 is 11.8 Å². The van der Waals surface area contributed by atoms with Gasteiger partial charge in [-0.2, -0.15) is 5.10 Å². The van der Waals surface area contributed by atoms with Crippen molar-refractivity contribution in [3.63, 3.8) is 0 Å². The highest BCUT2D eigenvalue weighted by Crippen LogP contribution is 2.17. The van der Waals surface area contributed by atoms with Crippen molar-refractivity contribution in [2.45, 2.75) is 38.4 Å². The Kier molecular flexibility index (Phi) is 6.68. The summed E-state index contributed by atoms with van der Waals surface area (Å²) in [6, 6.07) is 7.03. The molecule has 0 aliphatic rings. The van der Waals surface area contributed by atoms with Gasteiger partial charge in [0.25, 0.3) is 11.5 Å². The van der Waals surface area contributed by atoms with E-state index >= 15 is 0 Å². The first-order valence-corrected chi connectivity index (χ1v) is 10.8. The molecule has 0 fully saturated rings. The fraction of sp³-hybridized carbons (Fsp3) is 0.450. The van der Waals surface area contributed by atoms with Crippen LogP contribution in [0.5, 0.6) is 0 Å². The number of nitrogens with one attached hydrogen (secondary N) is 1. The van der Waals surface area contributed by atoms with Crippen LogP contribution < -0.4 is 10.9 Å². The van der Waals surface area contributed by atoms with Gasteiger partial charge in [-0.3, -0.25) is 9.59 Å². The Morgan fingerprint density at radius 3 is 2.62 bits per heavy atom. The first-order valence-electron chi connectivity index (χ1n) is 9.62. The van der Waals surface area contributed by atoms with Crippen LogP contribution in [0.2, 0.25) is 0 Å². The minimum atomic E-state index is -0.287. The van der Waals surface area contributed by atoms with Gasteiger partial charge in [0.15, 0.2) is 10.9 Å². The third kappa shape index (κ3) is 4.67. The molecular formula is C20H26N6O2S. The van der Waals surface area contributed by atoms with Gasteiger partial charge >= 0.3 is 0 Å². The highest BCUT2D eigenvalue weighted by Gasteiger charge is 2.16. The van der Waals surface area contributed by atoms with Crippen LogP contribution in [0.15, 0.2) is 34.2 Å². The van der Waals surface area contributed by atoms with Gasteiger partial charge in [-0.05, 0) is 24.7 Å². The molecule has 0 unspecified atom stereocenters. The molecule has 9 heteroatoms. The Morgan fingerprint density at radius 1 is 1.21 bits per heavy atom. The Labute approximate surface area is 173 Å². The molecule has 0 saturated carbocycles. The second kappa shape index (κ2) is 9.21. The summed E-state index contributed by atoms with van der Waals surface area (Å²) < 4.78 is 3.36. The first-order chi connectivity index (χ1) is 13.9. The Hall–Kier alpha value is -2.68. The van der Waals surface area contributed by atoms with Gasteiger partial charge in [0.05, 0.1) is 5.39 Å². The van der Waals surface area contributed by atoms with E-state index in [1.807, 2.05) is 6.26 Å². The summed E-state index contributed by atoms with van der Waals surface area (Å²) in [4.78, 5) is 24.9. The van der Waals surface area contributed by atoms with E-state index in [1.54, 1.807) is 43.1 Å². The Morgan fingerprint density at radius 2 is 1.93 bits per heavy atom. The van der Waals surface area contributed by atoms with Gasteiger partial charge in [0.1, 0.15) is 5.82 Å². The number of aryl methyl sites for hydroxylation is 2. The molecule has 2 aromatic heterocycles. The number of hydrogen-bond donors (Lipinski definition) is 1. The van der Waals surface area contributed by atoms with Crippen LogP contribution in [0.4, 0.5) is 0 Å². The minimum absolute atomic E-state index is 0.216. The Balaban J connectivity index is 1.66. The lowest BCUT2D eigenvalue weighted by molar-refractivity contribution is 0.0948. The molecule has 0 atom stereocenters. The minimum Gasteiger partial charge on any atom is -0.351 e. The number of carbonyl (C=O) groups excluding carboxylic acids is 1. The topological polar surface area (TPSA) is 94.7 Å². The van der Waals surface area contributed by atoms with Gasteiger partial charge in [0, 0.05) is 31.9 Å². The molecule has 0 aliphatic carbocycles. The van der Waals surface area contributed by atoms with Crippen LogP contribution in [0.3, 0.4) is 0 Å². The number of rotatable bonds is 8. The lowest BCUT2D eigenvalue weighted by Gasteiger charge is -2.12. The Bertz CT molecular complexity index is 1070. The van der Waals surface area contributed by atoms with E-state index in [9.17, 15) is 9.59 Å². The molecule has 8 nitrogen and oxygen atoms in total. The van der Waals surface area contributed by atoms with Crippen LogP contribution in [0.25, 0.3) is 10.8 Å². The average molecular weight is 415 g/mol. The standard InChI is InChI=1S/C20H26N6O2S/c1-13(2)12-26-16(22-23-20(26)29-4)10-7-11-21-18(27)17-14-8-5-6-9-15(14)19(28)25(3)24-17/h5-6,8-9,13H,7,10-12H2,1-4H3,(H,21,27). The molecule has 1 aromatic carbocycles. The van der Waals surface area contributed by atoms with Crippen molar-refractivity contribution in [3.05, 3.63) is 46.1 Å². The van der Waals surface area contributed by atoms with Gasteiger partial charge in [-0.15, -0.1) is 10.2 Å². The van der Waals surface area contributed by atoms with E-state index in [0.717, 1.165) is 30.4 Å². The third-order valence-corrected chi connectivity index (χ3v) is 5.23. The predicted molar refractivity (Wildman–Crippen MR) is 114 cm³/mol. The fourth-order valence-electron chi connectivity index (χ4n) is 3.20. The molecule has 3 aromatic rings. The van der Waals surface area contributed by atoms with Crippen molar-refractivity contribution in [1.29, 1.82) is 0 Å². The lowest BCUT2D eigenvalue weighted by Crippen LogP contribution is -2.30. The zero-order valence-corrected chi connectivity index (χ0v) is 18.0. The van der Waals surface area contributed by atoms with Crippen molar-refractivity contribution in [2.75, 3.05) is 12.8 Å². The molecule has 29 heavy (non-hydrogen) atoms. The van der Waals surface area contributed by atoms with Crippen LogP contribution in [0.1, 0.15) is 36.6 Å². The summed E-state index contributed by atoms with van der Waals surface area (Å²) in [5.41, 5.74) is 0.0431. The maximum atomic E-state index is 12.7. The zero-order chi connectivity index (χ0) is 21.0. The second-order valence-electron chi connectivity index (χ2n) is 7.29. The summed E-state index contributed by atoms with van der Waals surface area (Å²) in [5.74, 6) is 1.15. The van der Waals surface area contributed by atoms with E-state index in [1.165, 1.54) is 4.68 Å². The van der Waals surface area contributed by atoms with Crippen molar-refractivity contribution in [2.24, 2.45) is 13.0 Å². The van der Waals surface area contributed by atoms with Crippen LogP contribution in [-0.2, 0) is 20.0 Å². The molecule has 1 amide bonds. The van der Waals surface area contributed by atoms with E-state index < -0.39 is 0 Å². The molecule has 0 spiro atoms. The summed E-state index contributed by atoms with van der Waals surface area (Å²) in [5, 5.41) is 17.6. The van der Waals surface area contributed by atoms with Gasteiger partial charge in [0.2, 0.25) is 0 Å². The van der Waals surface area contributed by atoms with Gasteiger partial charge in [-0.1, -0.05) is 43.8 Å². The van der Waals surface area contributed by atoms with Crippen molar-refractivity contribution in [1.82, 2.24) is 29.9 Å².